The van der Waals surface area contributed by atoms with Crippen molar-refractivity contribution in [2.24, 2.45) is 0 Å². The summed E-state index contributed by atoms with van der Waals surface area (Å²) in [5.74, 6) is 1.54. The molecule has 0 saturated carbocycles. The summed E-state index contributed by atoms with van der Waals surface area (Å²) in [7, 11) is 0. The van der Waals surface area contributed by atoms with E-state index in [0.717, 1.165) is 22.8 Å². The molecule has 5 heteroatoms. The predicted molar refractivity (Wildman–Crippen MR) is 99.0 cm³/mol. The van der Waals surface area contributed by atoms with Gasteiger partial charge >= 0.3 is 0 Å². The highest BCUT2D eigenvalue weighted by molar-refractivity contribution is 6.01. The Morgan fingerprint density at radius 3 is 2.62 bits per heavy atom. The number of para-hydroxylation sites is 1. The van der Waals surface area contributed by atoms with Crippen molar-refractivity contribution in [2.45, 2.75) is 19.6 Å². The Kier molecular flexibility index (Phi) is 4.35. The molecule has 0 saturated heterocycles. The summed E-state index contributed by atoms with van der Waals surface area (Å²) in [6.45, 7) is 2.97. The number of carbonyl (C=O) groups is 1. The summed E-state index contributed by atoms with van der Waals surface area (Å²) in [5, 5.41) is 3.48. The Morgan fingerprint density at radius 2 is 1.88 bits per heavy atom. The van der Waals surface area contributed by atoms with Gasteiger partial charge in [0.2, 0.25) is 0 Å². The molecule has 1 aliphatic heterocycles. The van der Waals surface area contributed by atoms with Gasteiger partial charge in [0.05, 0.1) is 25.0 Å². The van der Waals surface area contributed by atoms with Crippen LogP contribution in [0.4, 0.5) is 5.69 Å². The monoisotopic (exact) mass is 348 g/mol. The topological polar surface area (TPSA) is 54.7 Å². The fraction of sp³-hybridized carbons (Fsp3) is 0.190. The van der Waals surface area contributed by atoms with Crippen molar-refractivity contribution in [3.8, 4) is 5.75 Å². The third-order valence-corrected chi connectivity index (χ3v) is 4.44. The third-order valence-electron chi connectivity index (χ3n) is 4.44. The second kappa shape index (κ2) is 6.96. The number of ether oxygens (including phenoxy) is 1. The normalized spacial score (nSPS) is 16.1. The Hall–Kier alpha value is -3.21. The number of nitrogens with one attached hydrogen (secondary N) is 1. The molecular weight excluding hydrogens is 328 g/mol. The van der Waals surface area contributed by atoms with E-state index in [2.05, 4.69) is 5.32 Å². The van der Waals surface area contributed by atoms with Crippen LogP contribution in [0, 0.1) is 0 Å². The highest BCUT2D eigenvalue weighted by Gasteiger charge is 2.33. The van der Waals surface area contributed by atoms with Gasteiger partial charge in [0.1, 0.15) is 17.7 Å². The van der Waals surface area contributed by atoms with E-state index in [0.29, 0.717) is 18.7 Å². The standard InChI is InChI=1S/C21H20N2O3/c1-2-25-16-11-9-15(10-12-16)20-22-19-8-4-3-7-18(19)21(24)23(20)14-17-6-5-13-26-17/h3-13,20,22H,2,14H2,1H3/t20-/m1/s1. The number of amides is 1. The van der Waals surface area contributed by atoms with Crippen molar-refractivity contribution < 1.29 is 13.9 Å². The van der Waals surface area contributed by atoms with E-state index in [4.69, 9.17) is 9.15 Å². The fourth-order valence-corrected chi connectivity index (χ4v) is 3.20. The number of benzene rings is 2. The molecule has 26 heavy (non-hydrogen) atoms. The van der Waals surface area contributed by atoms with Gasteiger partial charge in [0, 0.05) is 5.69 Å². The van der Waals surface area contributed by atoms with Crippen molar-refractivity contribution in [1.29, 1.82) is 0 Å². The number of hydrogen-bond acceptors (Lipinski definition) is 4. The summed E-state index contributed by atoms with van der Waals surface area (Å²) < 4.78 is 11.0. The summed E-state index contributed by atoms with van der Waals surface area (Å²) in [5.41, 5.74) is 2.50. The molecule has 1 atom stereocenters. The van der Waals surface area contributed by atoms with Crippen LogP contribution in [0.2, 0.25) is 0 Å². The van der Waals surface area contributed by atoms with E-state index in [9.17, 15) is 4.79 Å². The second-order valence-electron chi connectivity index (χ2n) is 6.11. The zero-order valence-electron chi connectivity index (χ0n) is 14.5. The maximum absolute atomic E-state index is 13.1. The van der Waals surface area contributed by atoms with Crippen molar-refractivity contribution in [3.63, 3.8) is 0 Å². The highest BCUT2D eigenvalue weighted by Crippen LogP contribution is 2.34. The molecule has 0 aliphatic carbocycles. The summed E-state index contributed by atoms with van der Waals surface area (Å²) >= 11 is 0. The van der Waals surface area contributed by atoms with Crippen molar-refractivity contribution >= 4 is 11.6 Å². The Morgan fingerprint density at radius 1 is 1.08 bits per heavy atom. The van der Waals surface area contributed by atoms with Gasteiger partial charge in [0.15, 0.2) is 0 Å². The van der Waals surface area contributed by atoms with E-state index in [1.165, 1.54) is 0 Å². The molecule has 0 unspecified atom stereocenters. The lowest BCUT2D eigenvalue weighted by atomic mass is 10.0. The average molecular weight is 348 g/mol. The Bertz CT molecular complexity index is 888. The van der Waals surface area contributed by atoms with Crippen LogP contribution in [0.1, 0.15) is 34.8 Å². The van der Waals surface area contributed by atoms with Gasteiger partial charge in [0.25, 0.3) is 5.91 Å². The fourth-order valence-electron chi connectivity index (χ4n) is 3.20. The van der Waals surface area contributed by atoms with E-state index in [-0.39, 0.29) is 12.1 Å². The van der Waals surface area contributed by atoms with Crippen molar-refractivity contribution in [1.82, 2.24) is 4.90 Å². The predicted octanol–water partition coefficient (Wildman–Crippen LogP) is 4.45. The van der Waals surface area contributed by atoms with Gasteiger partial charge in [-0.1, -0.05) is 24.3 Å². The molecule has 132 valence electrons. The number of nitrogens with zero attached hydrogens (tertiary/aromatic N) is 1. The number of anilines is 1. The number of fused-ring (bicyclic) bond motifs is 1. The minimum atomic E-state index is -0.279. The van der Waals surface area contributed by atoms with Gasteiger partial charge in [-0.2, -0.15) is 0 Å². The minimum absolute atomic E-state index is 0.0189. The van der Waals surface area contributed by atoms with Crippen LogP contribution in [0.15, 0.2) is 71.3 Å². The first-order valence-corrected chi connectivity index (χ1v) is 8.68. The SMILES string of the molecule is CCOc1ccc([C@@H]2Nc3ccccc3C(=O)N2Cc2ccco2)cc1. The molecule has 0 bridgehead atoms. The molecule has 1 N–H and O–H groups in total. The van der Waals surface area contributed by atoms with Crippen LogP contribution in [-0.2, 0) is 6.54 Å². The van der Waals surface area contributed by atoms with Crippen molar-refractivity contribution in [3.05, 3.63) is 83.8 Å². The summed E-state index contributed by atoms with van der Waals surface area (Å²) in [4.78, 5) is 14.9. The minimum Gasteiger partial charge on any atom is -0.494 e. The number of rotatable bonds is 5. The molecule has 2 aromatic carbocycles. The molecule has 0 spiro atoms. The van der Waals surface area contributed by atoms with Crippen LogP contribution >= 0.6 is 0 Å². The summed E-state index contributed by atoms with van der Waals surface area (Å²) in [6, 6.07) is 19.1. The quantitative estimate of drug-likeness (QED) is 0.740. The van der Waals surface area contributed by atoms with Gasteiger partial charge in [-0.3, -0.25) is 4.79 Å². The van der Waals surface area contributed by atoms with Gasteiger partial charge < -0.3 is 19.4 Å². The molecule has 1 aliphatic rings. The van der Waals surface area contributed by atoms with Gasteiger partial charge in [-0.15, -0.1) is 0 Å². The number of hydrogen-bond donors (Lipinski definition) is 1. The van der Waals surface area contributed by atoms with Crippen LogP contribution in [0.25, 0.3) is 0 Å². The first-order chi connectivity index (χ1) is 12.8. The lowest BCUT2D eigenvalue weighted by molar-refractivity contribution is 0.0651. The van der Waals surface area contributed by atoms with Crippen LogP contribution < -0.4 is 10.1 Å². The van der Waals surface area contributed by atoms with Crippen LogP contribution in [0.3, 0.4) is 0 Å². The van der Waals surface area contributed by atoms with Crippen LogP contribution in [-0.4, -0.2) is 17.4 Å². The first kappa shape index (κ1) is 16.3. The maximum Gasteiger partial charge on any atom is 0.258 e. The van der Waals surface area contributed by atoms with Crippen LogP contribution in [0.5, 0.6) is 5.75 Å². The van der Waals surface area contributed by atoms with E-state index >= 15 is 0 Å². The molecular formula is C21H20N2O3. The zero-order chi connectivity index (χ0) is 17.9. The molecule has 3 aromatic rings. The Balaban J connectivity index is 1.70. The van der Waals surface area contributed by atoms with E-state index in [1.54, 1.807) is 11.2 Å². The molecule has 5 nitrogen and oxygen atoms in total. The molecule has 0 fully saturated rings. The molecule has 2 heterocycles. The van der Waals surface area contributed by atoms with Crippen molar-refractivity contribution in [2.75, 3.05) is 11.9 Å². The smallest absolute Gasteiger partial charge is 0.258 e. The molecule has 0 radical (unpaired) electrons. The summed E-state index contributed by atoms with van der Waals surface area (Å²) in [6.07, 6.45) is 1.34. The van der Waals surface area contributed by atoms with Gasteiger partial charge in [-0.25, -0.2) is 0 Å². The number of furan rings is 1. The second-order valence-corrected chi connectivity index (χ2v) is 6.11. The maximum atomic E-state index is 13.1. The molecule has 1 aromatic heterocycles. The van der Waals surface area contributed by atoms with E-state index < -0.39 is 0 Å². The molecule has 1 amide bonds. The van der Waals surface area contributed by atoms with E-state index in [1.807, 2.05) is 67.6 Å². The Labute approximate surface area is 152 Å². The lowest BCUT2D eigenvalue weighted by Gasteiger charge is -2.37. The largest absolute Gasteiger partial charge is 0.494 e. The lowest BCUT2D eigenvalue weighted by Crippen LogP contribution is -2.42. The zero-order valence-corrected chi connectivity index (χ0v) is 14.5. The average Bonchev–Trinajstić information content (AvgIpc) is 3.18. The highest BCUT2D eigenvalue weighted by atomic mass is 16.5. The molecule has 4 rings (SSSR count). The first-order valence-electron chi connectivity index (χ1n) is 8.68. The van der Waals surface area contributed by atoms with Gasteiger partial charge in [-0.05, 0) is 48.9 Å². The third kappa shape index (κ3) is 3.04. The number of carbonyl (C=O) groups excluding carboxylic acids is 1.